The van der Waals surface area contributed by atoms with Crippen molar-refractivity contribution in [3.05, 3.63) is 59.9 Å². The first-order chi connectivity index (χ1) is 11.7. The summed E-state index contributed by atoms with van der Waals surface area (Å²) in [7, 11) is 0. The van der Waals surface area contributed by atoms with Crippen LogP contribution in [0.1, 0.15) is 11.1 Å². The van der Waals surface area contributed by atoms with Crippen molar-refractivity contribution in [1.29, 1.82) is 0 Å². The third-order valence-corrected chi connectivity index (χ3v) is 4.03. The summed E-state index contributed by atoms with van der Waals surface area (Å²) in [6.07, 6.45) is 1.57. The Morgan fingerprint density at radius 1 is 1.29 bits per heavy atom. The number of carbonyl (C=O) groups is 1. The predicted molar refractivity (Wildman–Crippen MR) is 87.1 cm³/mol. The van der Waals surface area contributed by atoms with Gasteiger partial charge in [-0.2, -0.15) is 0 Å². The summed E-state index contributed by atoms with van der Waals surface area (Å²) in [5, 5.41) is 14.0. The fourth-order valence-electron chi connectivity index (χ4n) is 2.71. The average Bonchev–Trinajstić information content (AvgIpc) is 3.26. The van der Waals surface area contributed by atoms with E-state index in [1.807, 2.05) is 49.4 Å². The molecule has 2 aromatic carbocycles. The molecular formula is C17H15N5O2. The molecule has 7 nitrogen and oxygen atoms in total. The number of benzene rings is 2. The molecule has 2 heterocycles. The predicted octanol–water partition coefficient (Wildman–Crippen LogP) is 1.91. The SMILES string of the molecule is Cc1ccc(-n2cnnn2)cc1NC(=O)C1Cc2ccccc2O1. The van der Waals surface area contributed by atoms with E-state index in [-0.39, 0.29) is 5.91 Å². The number of carbonyl (C=O) groups excluding carboxylic acids is 1. The maximum atomic E-state index is 12.6. The van der Waals surface area contributed by atoms with Crippen LogP contribution in [0.2, 0.25) is 0 Å². The summed E-state index contributed by atoms with van der Waals surface area (Å²) in [6.45, 7) is 1.93. The Morgan fingerprint density at radius 3 is 2.96 bits per heavy atom. The van der Waals surface area contributed by atoms with Gasteiger partial charge in [-0.05, 0) is 46.7 Å². The molecule has 1 atom stereocenters. The van der Waals surface area contributed by atoms with Crippen LogP contribution < -0.4 is 10.1 Å². The molecule has 1 N–H and O–H groups in total. The molecule has 0 saturated carbocycles. The molecule has 1 unspecified atom stereocenters. The van der Waals surface area contributed by atoms with E-state index in [1.165, 1.54) is 11.0 Å². The number of hydrogen-bond donors (Lipinski definition) is 1. The number of para-hydroxylation sites is 1. The van der Waals surface area contributed by atoms with E-state index < -0.39 is 6.10 Å². The number of tetrazole rings is 1. The molecule has 3 aromatic rings. The maximum Gasteiger partial charge on any atom is 0.265 e. The Labute approximate surface area is 138 Å². The number of fused-ring (bicyclic) bond motifs is 1. The van der Waals surface area contributed by atoms with Gasteiger partial charge in [0.2, 0.25) is 0 Å². The molecule has 0 bridgehead atoms. The summed E-state index contributed by atoms with van der Waals surface area (Å²) in [5.74, 6) is 0.611. The molecule has 1 aliphatic rings. The number of rotatable bonds is 3. The van der Waals surface area contributed by atoms with E-state index in [2.05, 4.69) is 20.8 Å². The second-order valence-electron chi connectivity index (χ2n) is 5.66. The highest BCUT2D eigenvalue weighted by atomic mass is 16.5. The first-order valence-corrected chi connectivity index (χ1v) is 7.60. The zero-order valence-corrected chi connectivity index (χ0v) is 13.0. The van der Waals surface area contributed by atoms with Crippen molar-refractivity contribution >= 4 is 11.6 Å². The summed E-state index contributed by atoms with van der Waals surface area (Å²) in [4.78, 5) is 12.6. The minimum absolute atomic E-state index is 0.164. The van der Waals surface area contributed by atoms with Gasteiger partial charge in [0, 0.05) is 12.1 Å². The highest BCUT2D eigenvalue weighted by molar-refractivity contribution is 5.96. The topological polar surface area (TPSA) is 81.9 Å². The molecule has 120 valence electrons. The van der Waals surface area contributed by atoms with E-state index in [1.54, 1.807) is 0 Å². The zero-order chi connectivity index (χ0) is 16.5. The van der Waals surface area contributed by atoms with Crippen molar-refractivity contribution in [3.8, 4) is 11.4 Å². The van der Waals surface area contributed by atoms with Crippen LogP contribution in [0.25, 0.3) is 5.69 Å². The molecule has 7 heteroatoms. The number of aryl methyl sites for hydroxylation is 1. The lowest BCUT2D eigenvalue weighted by Gasteiger charge is -2.14. The summed E-state index contributed by atoms with van der Waals surface area (Å²) in [5.41, 5.74) is 3.50. The molecule has 0 fully saturated rings. The quantitative estimate of drug-likeness (QED) is 0.797. The van der Waals surface area contributed by atoms with Gasteiger partial charge in [0.1, 0.15) is 12.1 Å². The van der Waals surface area contributed by atoms with Crippen LogP contribution in [-0.4, -0.2) is 32.2 Å². The van der Waals surface area contributed by atoms with Gasteiger partial charge in [-0.1, -0.05) is 24.3 Å². The first-order valence-electron chi connectivity index (χ1n) is 7.60. The highest BCUT2D eigenvalue weighted by Crippen LogP contribution is 2.29. The van der Waals surface area contributed by atoms with Gasteiger partial charge in [-0.3, -0.25) is 4.79 Å². The van der Waals surface area contributed by atoms with Crippen molar-refractivity contribution < 1.29 is 9.53 Å². The fourth-order valence-corrected chi connectivity index (χ4v) is 2.71. The van der Waals surface area contributed by atoms with Crippen molar-refractivity contribution in [2.45, 2.75) is 19.4 Å². The van der Waals surface area contributed by atoms with Crippen molar-refractivity contribution in [2.24, 2.45) is 0 Å². The van der Waals surface area contributed by atoms with E-state index in [4.69, 9.17) is 4.74 Å². The second kappa shape index (κ2) is 5.77. The van der Waals surface area contributed by atoms with Gasteiger partial charge >= 0.3 is 0 Å². The smallest absolute Gasteiger partial charge is 0.265 e. The molecular weight excluding hydrogens is 306 g/mol. The number of nitrogens with zero attached hydrogens (tertiary/aromatic N) is 4. The monoisotopic (exact) mass is 321 g/mol. The van der Waals surface area contributed by atoms with Crippen LogP contribution in [0.3, 0.4) is 0 Å². The summed E-state index contributed by atoms with van der Waals surface area (Å²) >= 11 is 0. The van der Waals surface area contributed by atoms with Gasteiger partial charge < -0.3 is 10.1 Å². The van der Waals surface area contributed by atoms with Crippen LogP contribution in [0, 0.1) is 6.92 Å². The number of hydrogen-bond acceptors (Lipinski definition) is 5. The standard InChI is InChI=1S/C17H15N5O2/c1-11-6-7-13(22-10-18-20-21-22)9-14(11)19-17(23)16-8-12-4-2-3-5-15(12)24-16/h2-7,9-10,16H,8H2,1H3,(H,19,23). The molecule has 0 saturated heterocycles. The maximum absolute atomic E-state index is 12.6. The van der Waals surface area contributed by atoms with Crippen LogP contribution >= 0.6 is 0 Å². The van der Waals surface area contributed by atoms with Crippen molar-refractivity contribution in [2.75, 3.05) is 5.32 Å². The summed E-state index contributed by atoms with van der Waals surface area (Å²) in [6, 6.07) is 13.4. The lowest BCUT2D eigenvalue weighted by Crippen LogP contribution is -2.31. The minimum Gasteiger partial charge on any atom is -0.480 e. The number of aromatic nitrogens is 4. The van der Waals surface area contributed by atoms with E-state index in [0.29, 0.717) is 12.1 Å². The average molecular weight is 321 g/mol. The molecule has 0 aliphatic carbocycles. The lowest BCUT2D eigenvalue weighted by molar-refractivity contribution is -0.122. The number of anilines is 1. The molecule has 0 spiro atoms. The fraction of sp³-hybridized carbons (Fsp3) is 0.176. The number of amides is 1. The second-order valence-corrected chi connectivity index (χ2v) is 5.66. The van der Waals surface area contributed by atoms with Gasteiger partial charge in [-0.15, -0.1) is 5.10 Å². The summed E-state index contributed by atoms with van der Waals surface area (Å²) < 4.78 is 7.27. The highest BCUT2D eigenvalue weighted by Gasteiger charge is 2.29. The normalized spacial score (nSPS) is 15.6. The van der Waals surface area contributed by atoms with Crippen LogP contribution in [0.5, 0.6) is 5.75 Å². The molecule has 0 radical (unpaired) electrons. The molecule has 4 rings (SSSR count). The third kappa shape index (κ3) is 2.60. The minimum atomic E-state index is -0.515. The zero-order valence-electron chi connectivity index (χ0n) is 13.0. The van der Waals surface area contributed by atoms with Crippen LogP contribution in [-0.2, 0) is 11.2 Å². The van der Waals surface area contributed by atoms with E-state index in [9.17, 15) is 4.79 Å². The van der Waals surface area contributed by atoms with Crippen molar-refractivity contribution in [1.82, 2.24) is 20.2 Å². The Balaban J connectivity index is 1.53. The Bertz CT molecular complexity index is 867. The number of nitrogens with one attached hydrogen (secondary N) is 1. The van der Waals surface area contributed by atoms with E-state index in [0.717, 1.165) is 22.6 Å². The van der Waals surface area contributed by atoms with Crippen molar-refractivity contribution in [3.63, 3.8) is 0 Å². The first kappa shape index (κ1) is 14.4. The van der Waals surface area contributed by atoms with Gasteiger partial charge in [-0.25, -0.2) is 4.68 Å². The largest absolute Gasteiger partial charge is 0.480 e. The Morgan fingerprint density at radius 2 is 2.17 bits per heavy atom. The van der Waals surface area contributed by atoms with Gasteiger partial charge in [0.15, 0.2) is 6.10 Å². The molecule has 24 heavy (non-hydrogen) atoms. The third-order valence-electron chi connectivity index (χ3n) is 4.03. The molecule has 1 aromatic heterocycles. The number of ether oxygens (including phenoxy) is 1. The van der Waals surface area contributed by atoms with Gasteiger partial charge in [0.05, 0.1) is 5.69 Å². The van der Waals surface area contributed by atoms with Gasteiger partial charge in [0.25, 0.3) is 5.91 Å². The molecule has 1 aliphatic heterocycles. The van der Waals surface area contributed by atoms with E-state index >= 15 is 0 Å². The Hall–Kier alpha value is -3.22. The van der Waals surface area contributed by atoms with Crippen LogP contribution in [0.4, 0.5) is 5.69 Å². The van der Waals surface area contributed by atoms with Crippen LogP contribution in [0.15, 0.2) is 48.8 Å². The lowest BCUT2D eigenvalue weighted by atomic mass is 10.1. The molecule has 1 amide bonds. The Kier molecular flexibility index (Phi) is 3.45.